The van der Waals surface area contributed by atoms with Gasteiger partial charge in [-0.15, -0.1) is 0 Å². The zero-order valence-corrected chi connectivity index (χ0v) is 8.15. The minimum absolute atomic E-state index is 0.411. The van der Waals surface area contributed by atoms with Gasteiger partial charge >= 0.3 is 5.97 Å². The molecule has 0 aliphatic rings. The highest BCUT2D eigenvalue weighted by molar-refractivity contribution is 6.19. The molecule has 0 saturated carbocycles. The highest BCUT2D eigenvalue weighted by Crippen LogP contribution is 2.18. The van der Waals surface area contributed by atoms with Crippen LogP contribution in [-0.4, -0.2) is 22.1 Å². The van der Waals surface area contributed by atoms with Crippen molar-refractivity contribution in [2.45, 2.75) is 0 Å². The van der Waals surface area contributed by atoms with Crippen molar-refractivity contribution in [1.29, 1.82) is 0 Å². The van der Waals surface area contributed by atoms with Gasteiger partial charge in [-0.2, -0.15) is 0 Å². The Morgan fingerprint density at radius 2 is 2.36 bits per heavy atom. The van der Waals surface area contributed by atoms with Crippen molar-refractivity contribution in [3.63, 3.8) is 0 Å². The molecule has 0 saturated heterocycles. The maximum Gasteiger partial charge on any atom is 0.340 e. The van der Waals surface area contributed by atoms with Crippen LogP contribution in [0.3, 0.4) is 0 Å². The van der Waals surface area contributed by atoms with E-state index in [2.05, 4.69) is 9.72 Å². The first-order chi connectivity index (χ1) is 6.74. The number of carbonyl (C=O) groups excluding carboxylic acids is 1. The monoisotopic (exact) mass is 210 g/mol. The van der Waals surface area contributed by atoms with E-state index in [9.17, 15) is 4.79 Å². The molecule has 0 N–H and O–H groups in total. The zero-order valence-electron chi connectivity index (χ0n) is 7.40. The third-order valence-electron chi connectivity index (χ3n) is 1.94. The number of rotatable bonds is 1. The molecule has 0 aliphatic carbocycles. The number of methoxy groups -OCH3 is 1. The topological polar surface area (TPSA) is 44.1 Å². The number of carbonyl (C=O) groups is 1. The van der Waals surface area contributed by atoms with E-state index < -0.39 is 5.97 Å². The third-order valence-corrected chi connectivity index (χ3v) is 2.21. The molecule has 0 spiro atoms. The fourth-order valence-electron chi connectivity index (χ4n) is 1.28. The Balaban J connectivity index is 2.71. The number of benzene rings is 1. The summed E-state index contributed by atoms with van der Waals surface area (Å²) in [6, 6.07) is 5.16. The maximum atomic E-state index is 11.3. The number of fused-ring (bicyclic) bond motifs is 1. The van der Waals surface area contributed by atoms with Crippen LogP contribution in [0.25, 0.3) is 11.0 Å². The normalized spacial score (nSPS) is 10.4. The summed E-state index contributed by atoms with van der Waals surface area (Å²) in [5.41, 5.74) is 1.66. The number of para-hydroxylation sites is 1. The van der Waals surface area contributed by atoms with Gasteiger partial charge in [0, 0.05) is 11.8 Å². The van der Waals surface area contributed by atoms with Crippen molar-refractivity contribution in [2.24, 2.45) is 0 Å². The van der Waals surface area contributed by atoms with Gasteiger partial charge < -0.3 is 4.74 Å². The molecule has 72 valence electrons. The number of esters is 1. The van der Waals surface area contributed by atoms with Crippen LogP contribution < -0.4 is 0 Å². The van der Waals surface area contributed by atoms with E-state index in [0.29, 0.717) is 16.6 Å². The number of imidazole rings is 1. The first kappa shape index (κ1) is 9.02. The molecule has 0 fully saturated rings. The Morgan fingerprint density at radius 3 is 3.07 bits per heavy atom. The number of hydrogen-bond donors (Lipinski definition) is 0. The quantitative estimate of drug-likeness (QED) is 0.675. The van der Waals surface area contributed by atoms with Gasteiger partial charge in [-0.05, 0) is 12.1 Å². The van der Waals surface area contributed by atoms with Gasteiger partial charge in [0.1, 0.15) is 11.8 Å². The molecule has 1 heterocycles. The lowest BCUT2D eigenvalue weighted by Crippen LogP contribution is -2.01. The van der Waals surface area contributed by atoms with E-state index >= 15 is 0 Å². The van der Waals surface area contributed by atoms with Gasteiger partial charge in [0.15, 0.2) is 0 Å². The lowest BCUT2D eigenvalue weighted by Gasteiger charge is -1.99. The van der Waals surface area contributed by atoms with Crippen molar-refractivity contribution in [3.8, 4) is 0 Å². The van der Waals surface area contributed by atoms with Crippen LogP contribution in [0.5, 0.6) is 0 Å². The van der Waals surface area contributed by atoms with Crippen molar-refractivity contribution in [3.05, 3.63) is 30.1 Å². The van der Waals surface area contributed by atoms with E-state index in [1.807, 2.05) is 0 Å². The van der Waals surface area contributed by atoms with Gasteiger partial charge in [0.05, 0.1) is 18.2 Å². The van der Waals surface area contributed by atoms with Gasteiger partial charge in [0.2, 0.25) is 0 Å². The van der Waals surface area contributed by atoms with Gasteiger partial charge in [-0.25, -0.2) is 13.9 Å². The van der Waals surface area contributed by atoms with Gasteiger partial charge in [-0.3, -0.25) is 0 Å². The first-order valence-electron chi connectivity index (χ1n) is 3.94. The molecule has 0 aliphatic heterocycles. The standard InChI is InChI=1S/C9H7ClN2O2/c1-14-9(13)6-3-2-4-7-8(6)11-5-12(7)10/h2-5H,1H3. The molecule has 1 aromatic heterocycles. The Hall–Kier alpha value is -1.55. The number of halogens is 1. The van der Waals surface area contributed by atoms with Gasteiger partial charge in [-0.1, -0.05) is 6.07 Å². The minimum Gasteiger partial charge on any atom is -0.465 e. The summed E-state index contributed by atoms with van der Waals surface area (Å²) in [7, 11) is 1.33. The smallest absolute Gasteiger partial charge is 0.340 e. The summed E-state index contributed by atoms with van der Waals surface area (Å²) < 4.78 is 5.96. The third kappa shape index (κ3) is 1.24. The second-order valence-corrected chi connectivity index (χ2v) is 3.08. The molecule has 5 heteroatoms. The SMILES string of the molecule is COC(=O)c1cccc2c1ncn2Cl. The summed E-state index contributed by atoms with van der Waals surface area (Å²) in [5.74, 6) is -0.411. The second kappa shape index (κ2) is 3.31. The molecule has 14 heavy (non-hydrogen) atoms. The minimum atomic E-state index is -0.411. The molecule has 4 nitrogen and oxygen atoms in total. The van der Waals surface area contributed by atoms with Crippen LogP contribution >= 0.6 is 11.8 Å². The molecule has 2 rings (SSSR count). The summed E-state index contributed by atoms with van der Waals surface area (Å²) in [4.78, 5) is 15.3. The molecule has 2 aromatic rings. The molecule has 0 unspecified atom stereocenters. The summed E-state index contributed by atoms with van der Waals surface area (Å²) in [6.07, 6.45) is 1.44. The lowest BCUT2D eigenvalue weighted by molar-refractivity contribution is 0.0603. The number of aromatic nitrogens is 2. The predicted molar refractivity (Wildman–Crippen MR) is 52.3 cm³/mol. The van der Waals surface area contributed by atoms with Gasteiger partial charge in [0.25, 0.3) is 0 Å². The molecular formula is C9H7ClN2O2. The summed E-state index contributed by atoms with van der Waals surface area (Å²) >= 11 is 5.79. The van der Waals surface area contributed by atoms with Crippen LogP contribution in [0.4, 0.5) is 0 Å². The number of hydrogen-bond acceptors (Lipinski definition) is 3. The molecule has 0 atom stereocenters. The fourth-order valence-corrected chi connectivity index (χ4v) is 1.46. The summed E-state index contributed by atoms with van der Waals surface area (Å²) in [6.45, 7) is 0. The molecule has 0 amide bonds. The highest BCUT2D eigenvalue weighted by Gasteiger charge is 2.12. The number of ether oxygens (including phenoxy) is 1. The predicted octanol–water partition coefficient (Wildman–Crippen LogP) is 1.82. The van der Waals surface area contributed by atoms with Crippen LogP contribution in [0.2, 0.25) is 0 Å². The lowest BCUT2D eigenvalue weighted by atomic mass is 10.2. The Kier molecular flexibility index (Phi) is 2.13. The first-order valence-corrected chi connectivity index (χ1v) is 4.28. The molecule has 0 radical (unpaired) electrons. The van der Waals surface area contributed by atoms with Crippen LogP contribution in [-0.2, 0) is 4.74 Å². The van der Waals surface area contributed by atoms with Crippen molar-refractivity contribution in [2.75, 3.05) is 7.11 Å². The average molecular weight is 211 g/mol. The highest BCUT2D eigenvalue weighted by atomic mass is 35.5. The van der Waals surface area contributed by atoms with Crippen LogP contribution in [0.1, 0.15) is 10.4 Å². The van der Waals surface area contributed by atoms with E-state index in [1.54, 1.807) is 18.2 Å². The zero-order chi connectivity index (χ0) is 10.1. The Bertz CT molecular complexity index is 493. The van der Waals surface area contributed by atoms with Crippen LogP contribution in [0.15, 0.2) is 24.5 Å². The molecular weight excluding hydrogens is 204 g/mol. The molecule has 0 bridgehead atoms. The van der Waals surface area contributed by atoms with Crippen LogP contribution in [0, 0.1) is 0 Å². The Labute approximate surface area is 85.2 Å². The number of nitrogens with zero attached hydrogens (tertiary/aromatic N) is 2. The average Bonchev–Trinajstić information content (AvgIpc) is 2.59. The fraction of sp³-hybridized carbons (Fsp3) is 0.111. The summed E-state index contributed by atoms with van der Waals surface area (Å²) in [5, 5.41) is 0. The van der Waals surface area contributed by atoms with E-state index in [0.717, 1.165) is 0 Å². The van der Waals surface area contributed by atoms with Crippen molar-refractivity contribution >= 4 is 28.8 Å². The molecule has 1 aromatic carbocycles. The maximum absolute atomic E-state index is 11.3. The van der Waals surface area contributed by atoms with Crippen molar-refractivity contribution < 1.29 is 9.53 Å². The van der Waals surface area contributed by atoms with E-state index in [1.165, 1.54) is 17.5 Å². The second-order valence-electron chi connectivity index (χ2n) is 2.72. The van der Waals surface area contributed by atoms with Crippen molar-refractivity contribution in [1.82, 2.24) is 9.07 Å². The largest absolute Gasteiger partial charge is 0.465 e. The van der Waals surface area contributed by atoms with E-state index in [4.69, 9.17) is 11.8 Å². The van der Waals surface area contributed by atoms with E-state index in [-0.39, 0.29) is 0 Å². The Morgan fingerprint density at radius 1 is 1.57 bits per heavy atom.